The summed E-state index contributed by atoms with van der Waals surface area (Å²) in [6, 6.07) is 8.49. The third-order valence-electron chi connectivity index (χ3n) is 2.80. The molecule has 0 aliphatic heterocycles. The van der Waals surface area contributed by atoms with E-state index >= 15 is 0 Å². The van der Waals surface area contributed by atoms with Crippen LogP contribution < -0.4 is 4.74 Å². The van der Waals surface area contributed by atoms with E-state index in [1.165, 1.54) is 37.3 Å². The summed E-state index contributed by atoms with van der Waals surface area (Å²) < 4.78 is 32.4. The van der Waals surface area contributed by atoms with Crippen molar-refractivity contribution in [3.8, 4) is 11.5 Å². The molecule has 0 radical (unpaired) electrons. The molecule has 4 heteroatoms. The highest BCUT2D eigenvalue weighted by atomic mass is 19.1. The molecule has 0 spiro atoms. The highest BCUT2D eigenvalue weighted by Crippen LogP contribution is 2.32. The van der Waals surface area contributed by atoms with Gasteiger partial charge in [-0.3, -0.25) is 0 Å². The van der Waals surface area contributed by atoms with Crippen LogP contribution in [0, 0.1) is 18.6 Å². The van der Waals surface area contributed by atoms with Crippen molar-refractivity contribution in [3.05, 3.63) is 59.2 Å². The number of halogens is 2. The molecule has 0 aliphatic rings. The van der Waals surface area contributed by atoms with E-state index in [0.717, 1.165) is 0 Å². The van der Waals surface area contributed by atoms with E-state index in [0.29, 0.717) is 16.9 Å². The number of hydrogen-bond donors (Lipinski definition) is 1. The van der Waals surface area contributed by atoms with E-state index in [2.05, 4.69) is 0 Å². The minimum Gasteiger partial charge on any atom is -0.454 e. The van der Waals surface area contributed by atoms with Crippen LogP contribution >= 0.6 is 0 Å². The van der Waals surface area contributed by atoms with Crippen LogP contribution in [0.5, 0.6) is 11.5 Å². The predicted octanol–water partition coefficient (Wildman–Crippen LogP) is 4.12. The molecule has 2 nitrogen and oxygen atoms in total. The van der Waals surface area contributed by atoms with Gasteiger partial charge in [0.15, 0.2) is 11.6 Å². The van der Waals surface area contributed by atoms with Crippen molar-refractivity contribution >= 4 is 0 Å². The van der Waals surface area contributed by atoms with Gasteiger partial charge in [0, 0.05) is 5.56 Å². The van der Waals surface area contributed by atoms with Crippen LogP contribution in [-0.4, -0.2) is 5.11 Å². The second-order valence-corrected chi connectivity index (χ2v) is 4.35. The van der Waals surface area contributed by atoms with Crippen molar-refractivity contribution in [3.63, 3.8) is 0 Å². The molecule has 0 aromatic heterocycles. The van der Waals surface area contributed by atoms with Gasteiger partial charge in [-0.05, 0) is 43.7 Å². The zero-order valence-corrected chi connectivity index (χ0v) is 10.7. The van der Waals surface area contributed by atoms with E-state index in [-0.39, 0.29) is 11.6 Å². The third kappa shape index (κ3) is 2.90. The van der Waals surface area contributed by atoms with Crippen molar-refractivity contribution in [2.75, 3.05) is 0 Å². The van der Waals surface area contributed by atoms with E-state index < -0.39 is 11.9 Å². The molecule has 0 saturated carbocycles. The number of aliphatic hydroxyl groups is 1. The summed E-state index contributed by atoms with van der Waals surface area (Å²) in [5.74, 6) is -0.633. The maximum atomic E-state index is 13.8. The standard InChI is InChI=1S/C15H14F2O2/c1-9-8-11(6-7-13(9)16)19-15-12(10(2)18)4-3-5-14(15)17/h3-8,10,18H,1-2H3/t10-/m0/s1. The Balaban J connectivity index is 2.40. The fraction of sp³-hybridized carbons (Fsp3) is 0.200. The molecule has 0 amide bonds. The normalized spacial score (nSPS) is 12.3. The molecule has 19 heavy (non-hydrogen) atoms. The SMILES string of the molecule is Cc1cc(Oc2c(F)cccc2[C@H](C)O)ccc1F. The Hall–Kier alpha value is -1.94. The van der Waals surface area contributed by atoms with Crippen molar-refractivity contribution in [1.82, 2.24) is 0 Å². The molecule has 0 bridgehead atoms. The molecule has 0 heterocycles. The molecule has 1 atom stereocenters. The minimum atomic E-state index is -0.854. The van der Waals surface area contributed by atoms with Crippen LogP contribution in [-0.2, 0) is 0 Å². The quantitative estimate of drug-likeness (QED) is 0.903. The fourth-order valence-corrected chi connectivity index (χ4v) is 1.76. The summed E-state index contributed by atoms with van der Waals surface area (Å²) in [5.41, 5.74) is 0.759. The Kier molecular flexibility index (Phi) is 3.81. The topological polar surface area (TPSA) is 29.5 Å². The first kappa shape index (κ1) is 13.5. The van der Waals surface area contributed by atoms with Crippen molar-refractivity contribution in [1.29, 1.82) is 0 Å². The maximum absolute atomic E-state index is 13.8. The molecule has 2 rings (SSSR count). The summed E-state index contributed by atoms with van der Waals surface area (Å²) >= 11 is 0. The Morgan fingerprint density at radius 3 is 2.47 bits per heavy atom. The number of rotatable bonds is 3. The fourth-order valence-electron chi connectivity index (χ4n) is 1.76. The molecular formula is C15H14F2O2. The van der Waals surface area contributed by atoms with Gasteiger partial charge in [-0.15, -0.1) is 0 Å². The lowest BCUT2D eigenvalue weighted by Gasteiger charge is -2.14. The first-order valence-corrected chi connectivity index (χ1v) is 5.89. The predicted molar refractivity (Wildman–Crippen MR) is 68.2 cm³/mol. The van der Waals surface area contributed by atoms with Crippen LogP contribution in [0.15, 0.2) is 36.4 Å². The molecule has 100 valence electrons. The summed E-state index contributed by atoms with van der Waals surface area (Å²) in [5, 5.41) is 9.60. The molecule has 2 aromatic rings. The molecule has 2 aromatic carbocycles. The van der Waals surface area contributed by atoms with Crippen LogP contribution in [0.1, 0.15) is 24.2 Å². The molecule has 1 N–H and O–H groups in total. The maximum Gasteiger partial charge on any atom is 0.168 e. The first-order chi connectivity index (χ1) is 8.99. The number of para-hydroxylation sites is 1. The van der Waals surface area contributed by atoms with Crippen LogP contribution in [0.4, 0.5) is 8.78 Å². The van der Waals surface area contributed by atoms with Gasteiger partial charge in [-0.2, -0.15) is 0 Å². The largest absolute Gasteiger partial charge is 0.454 e. The second kappa shape index (κ2) is 5.36. The highest BCUT2D eigenvalue weighted by Gasteiger charge is 2.15. The zero-order chi connectivity index (χ0) is 14.0. The Morgan fingerprint density at radius 1 is 1.11 bits per heavy atom. The molecule has 0 aliphatic carbocycles. The monoisotopic (exact) mass is 264 g/mol. The van der Waals surface area contributed by atoms with E-state index in [9.17, 15) is 13.9 Å². The van der Waals surface area contributed by atoms with E-state index in [1.54, 1.807) is 13.0 Å². The van der Waals surface area contributed by atoms with Gasteiger partial charge in [0.1, 0.15) is 11.6 Å². The van der Waals surface area contributed by atoms with E-state index in [1.807, 2.05) is 0 Å². The minimum absolute atomic E-state index is 0.0384. The number of benzene rings is 2. The number of aryl methyl sites for hydroxylation is 1. The summed E-state index contributed by atoms with van der Waals surface area (Å²) in [4.78, 5) is 0. The van der Waals surface area contributed by atoms with Crippen LogP contribution in [0.2, 0.25) is 0 Å². The first-order valence-electron chi connectivity index (χ1n) is 5.89. The van der Waals surface area contributed by atoms with Crippen LogP contribution in [0.25, 0.3) is 0 Å². The van der Waals surface area contributed by atoms with Gasteiger partial charge in [-0.1, -0.05) is 12.1 Å². The van der Waals surface area contributed by atoms with E-state index in [4.69, 9.17) is 4.74 Å². The van der Waals surface area contributed by atoms with Crippen LogP contribution in [0.3, 0.4) is 0 Å². The zero-order valence-electron chi connectivity index (χ0n) is 10.7. The lowest BCUT2D eigenvalue weighted by Crippen LogP contribution is -1.99. The summed E-state index contributed by atoms with van der Waals surface area (Å²) in [6.45, 7) is 3.12. The Bertz CT molecular complexity index is 595. The second-order valence-electron chi connectivity index (χ2n) is 4.35. The number of aliphatic hydroxyl groups excluding tert-OH is 1. The van der Waals surface area contributed by atoms with Gasteiger partial charge < -0.3 is 9.84 Å². The molecule has 0 fully saturated rings. The average Bonchev–Trinajstić information content (AvgIpc) is 2.36. The molecular weight excluding hydrogens is 250 g/mol. The summed E-state index contributed by atoms with van der Waals surface area (Å²) in [6.07, 6.45) is -0.854. The molecule has 0 unspecified atom stereocenters. The van der Waals surface area contributed by atoms with Crippen molar-refractivity contribution in [2.24, 2.45) is 0 Å². The lowest BCUT2D eigenvalue weighted by molar-refractivity contribution is 0.194. The summed E-state index contributed by atoms with van der Waals surface area (Å²) in [7, 11) is 0. The highest BCUT2D eigenvalue weighted by molar-refractivity contribution is 5.41. The van der Waals surface area contributed by atoms with Gasteiger partial charge >= 0.3 is 0 Å². The van der Waals surface area contributed by atoms with Gasteiger partial charge in [0.25, 0.3) is 0 Å². The number of ether oxygens (including phenoxy) is 1. The smallest absolute Gasteiger partial charge is 0.168 e. The van der Waals surface area contributed by atoms with Crippen molar-refractivity contribution < 1.29 is 18.6 Å². The Morgan fingerprint density at radius 2 is 1.84 bits per heavy atom. The Labute approximate surface area is 110 Å². The third-order valence-corrected chi connectivity index (χ3v) is 2.80. The van der Waals surface area contributed by atoms with Gasteiger partial charge in [0.05, 0.1) is 6.10 Å². The van der Waals surface area contributed by atoms with Gasteiger partial charge in [-0.25, -0.2) is 8.78 Å². The molecule has 0 saturated heterocycles. The average molecular weight is 264 g/mol. The van der Waals surface area contributed by atoms with Crippen molar-refractivity contribution in [2.45, 2.75) is 20.0 Å². The van der Waals surface area contributed by atoms with Gasteiger partial charge in [0.2, 0.25) is 0 Å². The lowest BCUT2D eigenvalue weighted by atomic mass is 10.1. The number of hydrogen-bond acceptors (Lipinski definition) is 2.